The van der Waals surface area contributed by atoms with Gasteiger partial charge in [-0.2, -0.15) is 5.10 Å². The van der Waals surface area contributed by atoms with Gasteiger partial charge in [0.05, 0.1) is 17.2 Å². The van der Waals surface area contributed by atoms with Crippen molar-refractivity contribution in [1.82, 2.24) is 15.1 Å². The lowest BCUT2D eigenvalue weighted by Gasteiger charge is -2.04. The van der Waals surface area contributed by atoms with Crippen molar-refractivity contribution in [2.75, 3.05) is 20.3 Å². The van der Waals surface area contributed by atoms with Crippen LogP contribution in [0.4, 0.5) is 5.69 Å². The highest BCUT2D eigenvalue weighted by molar-refractivity contribution is 6.30. The number of halogens is 1. The van der Waals surface area contributed by atoms with E-state index in [-0.39, 0.29) is 5.69 Å². The van der Waals surface area contributed by atoms with E-state index >= 15 is 0 Å². The number of methoxy groups -OCH3 is 1. The van der Waals surface area contributed by atoms with Crippen LogP contribution in [-0.4, -0.2) is 35.0 Å². The monoisotopic (exact) mass is 310 g/mol. The molecule has 1 heterocycles. The van der Waals surface area contributed by atoms with Crippen LogP contribution in [0.5, 0.6) is 0 Å². The van der Waals surface area contributed by atoms with Crippen molar-refractivity contribution >= 4 is 17.3 Å². The zero-order valence-corrected chi connectivity index (χ0v) is 12.2. The molecule has 1 N–H and O–H groups in total. The number of hydrogen-bond acceptors (Lipinski definition) is 5. The molecule has 2 aromatic rings. The third kappa shape index (κ3) is 4.01. The van der Waals surface area contributed by atoms with Crippen molar-refractivity contribution in [1.29, 1.82) is 0 Å². The SMILES string of the molecule is COCCNCc1ccn(-c2cc(Cl)ccc2[N+](=O)[O-])n1. The van der Waals surface area contributed by atoms with Crippen molar-refractivity contribution in [3.8, 4) is 5.69 Å². The second-order valence-electron chi connectivity index (χ2n) is 4.31. The van der Waals surface area contributed by atoms with E-state index in [9.17, 15) is 10.1 Å². The standard InChI is InChI=1S/C13H15ClN4O3/c1-21-7-5-15-9-11-4-6-17(16-11)13-8-10(14)2-3-12(13)18(19)20/h2-4,6,8,15H,5,7,9H2,1H3. The van der Waals surface area contributed by atoms with Crippen LogP contribution in [0.25, 0.3) is 5.69 Å². The Bertz CT molecular complexity index is 630. The Morgan fingerprint density at radius 3 is 3.00 bits per heavy atom. The predicted molar refractivity (Wildman–Crippen MR) is 78.8 cm³/mol. The van der Waals surface area contributed by atoms with Crippen molar-refractivity contribution in [3.63, 3.8) is 0 Å². The summed E-state index contributed by atoms with van der Waals surface area (Å²) in [7, 11) is 1.63. The van der Waals surface area contributed by atoms with E-state index in [1.807, 2.05) is 0 Å². The summed E-state index contributed by atoms with van der Waals surface area (Å²) in [5.41, 5.74) is 1.08. The van der Waals surface area contributed by atoms with Gasteiger partial charge < -0.3 is 10.1 Å². The van der Waals surface area contributed by atoms with Crippen LogP contribution in [0.2, 0.25) is 5.02 Å². The molecule has 0 unspecified atom stereocenters. The normalized spacial score (nSPS) is 10.8. The molecule has 0 atom stereocenters. The van der Waals surface area contributed by atoms with Gasteiger partial charge in [0.2, 0.25) is 0 Å². The van der Waals surface area contributed by atoms with Crippen LogP contribution in [-0.2, 0) is 11.3 Å². The van der Waals surface area contributed by atoms with Gasteiger partial charge in [0, 0.05) is 37.5 Å². The maximum absolute atomic E-state index is 11.1. The van der Waals surface area contributed by atoms with Crippen molar-refractivity contribution in [3.05, 3.63) is 51.3 Å². The second-order valence-corrected chi connectivity index (χ2v) is 4.75. The van der Waals surface area contributed by atoms with Crippen LogP contribution in [0, 0.1) is 10.1 Å². The number of nitro groups is 1. The fourth-order valence-electron chi connectivity index (χ4n) is 1.82. The number of ether oxygens (including phenoxy) is 1. The van der Waals surface area contributed by atoms with E-state index in [1.54, 1.807) is 19.4 Å². The van der Waals surface area contributed by atoms with Crippen LogP contribution in [0.1, 0.15) is 5.69 Å². The average Bonchev–Trinajstić information content (AvgIpc) is 2.92. The molecule has 8 heteroatoms. The van der Waals surface area contributed by atoms with Gasteiger partial charge in [-0.05, 0) is 18.2 Å². The molecule has 0 saturated heterocycles. The van der Waals surface area contributed by atoms with E-state index < -0.39 is 4.92 Å². The minimum atomic E-state index is -0.455. The third-order valence-corrected chi connectivity index (χ3v) is 3.05. The van der Waals surface area contributed by atoms with E-state index in [0.717, 1.165) is 5.69 Å². The molecule has 0 saturated carbocycles. The first kappa shape index (κ1) is 15.4. The van der Waals surface area contributed by atoms with Crippen LogP contribution in [0.3, 0.4) is 0 Å². The predicted octanol–water partition coefficient (Wildman–Crippen LogP) is 2.17. The molecule has 0 aliphatic carbocycles. The molecular formula is C13H15ClN4O3. The summed E-state index contributed by atoms with van der Waals surface area (Å²) < 4.78 is 6.39. The van der Waals surface area contributed by atoms with Gasteiger partial charge in [0.15, 0.2) is 0 Å². The summed E-state index contributed by atoms with van der Waals surface area (Å²) in [5, 5.41) is 18.9. The number of benzene rings is 1. The Morgan fingerprint density at radius 2 is 2.29 bits per heavy atom. The summed E-state index contributed by atoms with van der Waals surface area (Å²) >= 11 is 5.91. The number of hydrogen-bond donors (Lipinski definition) is 1. The van der Waals surface area contributed by atoms with E-state index in [1.165, 1.54) is 22.9 Å². The molecule has 2 rings (SSSR count). The molecule has 1 aromatic heterocycles. The largest absolute Gasteiger partial charge is 0.383 e. The van der Waals surface area contributed by atoms with E-state index in [2.05, 4.69) is 10.4 Å². The lowest BCUT2D eigenvalue weighted by molar-refractivity contribution is -0.384. The lowest BCUT2D eigenvalue weighted by Crippen LogP contribution is -2.18. The van der Waals surface area contributed by atoms with Crippen molar-refractivity contribution in [2.24, 2.45) is 0 Å². The number of nitro benzene ring substituents is 1. The summed E-state index contributed by atoms with van der Waals surface area (Å²) in [5.74, 6) is 0. The topological polar surface area (TPSA) is 82.2 Å². The quantitative estimate of drug-likeness (QED) is 0.481. The summed E-state index contributed by atoms with van der Waals surface area (Å²) in [6.45, 7) is 1.88. The van der Waals surface area contributed by atoms with Gasteiger partial charge in [-0.25, -0.2) is 4.68 Å². The smallest absolute Gasteiger partial charge is 0.294 e. The third-order valence-electron chi connectivity index (χ3n) is 2.81. The van der Waals surface area contributed by atoms with Crippen LogP contribution in [0.15, 0.2) is 30.5 Å². The minimum Gasteiger partial charge on any atom is -0.383 e. The van der Waals surface area contributed by atoms with Gasteiger partial charge in [-0.3, -0.25) is 10.1 Å². The van der Waals surface area contributed by atoms with Gasteiger partial charge in [-0.15, -0.1) is 0 Å². The highest BCUT2D eigenvalue weighted by atomic mass is 35.5. The Labute approximate surface area is 126 Å². The Balaban J connectivity index is 2.17. The molecule has 0 radical (unpaired) electrons. The highest BCUT2D eigenvalue weighted by Gasteiger charge is 2.16. The first-order valence-electron chi connectivity index (χ1n) is 6.30. The van der Waals surface area contributed by atoms with Crippen LogP contribution < -0.4 is 5.32 Å². The molecule has 7 nitrogen and oxygen atoms in total. The zero-order valence-electron chi connectivity index (χ0n) is 11.5. The van der Waals surface area contributed by atoms with E-state index in [4.69, 9.17) is 16.3 Å². The van der Waals surface area contributed by atoms with Gasteiger partial charge >= 0.3 is 0 Å². The Hall–Kier alpha value is -1.96. The maximum atomic E-state index is 11.1. The van der Waals surface area contributed by atoms with Crippen LogP contribution >= 0.6 is 11.6 Å². The summed E-state index contributed by atoms with van der Waals surface area (Å²) in [6.07, 6.45) is 1.67. The first-order valence-corrected chi connectivity index (χ1v) is 6.68. The molecule has 1 aromatic carbocycles. The Kier molecular flexibility index (Phi) is 5.26. The molecule has 0 aliphatic rings. The minimum absolute atomic E-state index is 0.0404. The van der Waals surface area contributed by atoms with Crippen molar-refractivity contribution in [2.45, 2.75) is 6.54 Å². The molecule has 112 valence electrons. The fraction of sp³-hybridized carbons (Fsp3) is 0.308. The molecule has 0 spiro atoms. The van der Waals surface area contributed by atoms with Crippen molar-refractivity contribution < 1.29 is 9.66 Å². The summed E-state index contributed by atoms with van der Waals surface area (Å²) in [4.78, 5) is 10.6. The number of nitrogens with one attached hydrogen (secondary N) is 1. The first-order chi connectivity index (χ1) is 10.1. The number of rotatable bonds is 7. The lowest BCUT2D eigenvalue weighted by atomic mass is 10.3. The molecule has 0 amide bonds. The van der Waals surface area contributed by atoms with E-state index in [0.29, 0.717) is 30.4 Å². The molecule has 0 aliphatic heterocycles. The van der Waals surface area contributed by atoms with Gasteiger partial charge in [0.25, 0.3) is 5.69 Å². The fourth-order valence-corrected chi connectivity index (χ4v) is 1.98. The van der Waals surface area contributed by atoms with Gasteiger partial charge in [-0.1, -0.05) is 11.6 Å². The number of nitrogens with zero attached hydrogens (tertiary/aromatic N) is 3. The molecule has 0 fully saturated rings. The molecule has 0 bridgehead atoms. The highest BCUT2D eigenvalue weighted by Crippen LogP contribution is 2.25. The second kappa shape index (κ2) is 7.16. The molecular weight excluding hydrogens is 296 g/mol. The Morgan fingerprint density at radius 1 is 1.48 bits per heavy atom. The van der Waals surface area contributed by atoms with Gasteiger partial charge in [0.1, 0.15) is 5.69 Å². The average molecular weight is 311 g/mol. The maximum Gasteiger partial charge on any atom is 0.294 e. The molecule has 21 heavy (non-hydrogen) atoms. The zero-order chi connectivity index (χ0) is 15.2. The summed E-state index contributed by atoms with van der Waals surface area (Å²) in [6, 6.07) is 6.18. The number of aromatic nitrogens is 2.